The summed E-state index contributed by atoms with van der Waals surface area (Å²) in [4.78, 5) is 3.52. The van der Waals surface area contributed by atoms with E-state index in [0.29, 0.717) is 10.8 Å². The van der Waals surface area contributed by atoms with E-state index in [2.05, 4.69) is 25.1 Å². The van der Waals surface area contributed by atoms with Crippen LogP contribution in [-0.4, -0.2) is 18.9 Å². The number of hydrogen-bond acceptors (Lipinski definition) is 4. The molecule has 19 heavy (non-hydrogen) atoms. The van der Waals surface area contributed by atoms with Gasteiger partial charge in [-0.15, -0.1) is 0 Å². The Morgan fingerprint density at radius 3 is 2.47 bits per heavy atom. The zero-order valence-electron chi connectivity index (χ0n) is 8.98. The predicted molar refractivity (Wildman–Crippen MR) is 65.0 cm³/mol. The molecule has 1 heterocycles. The number of rotatable bonds is 2. The molecule has 2 rings (SSSR count). The number of pyridine rings is 1. The molecule has 0 radical (unpaired) electrons. The smallest absolute Gasteiger partial charge is 0.355 e. The third-order valence-electron chi connectivity index (χ3n) is 2.14. The molecule has 0 aliphatic rings. The van der Waals surface area contributed by atoms with Gasteiger partial charge in [-0.05, 0) is 17.5 Å². The number of benzene rings is 1. The Labute approximate surface area is 114 Å². The Hall–Kier alpha value is -1.35. The highest BCUT2D eigenvalue weighted by Gasteiger charge is 2.48. The van der Waals surface area contributed by atoms with E-state index in [4.69, 9.17) is 0 Å². The van der Waals surface area contributed by atoms with E-state index in [1.54, 1.807) is 18.2 Å². The van der Waals surface area contributed by atoms with Crippen LogP contribution in [0, 0.1) is 0 Å². The van der Waals surface area contributed by atoms with Gasteiger partial charge in [0.25, 0.3) is 0 Å². The van der Waals surface area contributed by atoms with Crippen molar-refractivity contribution in [3.05, 3.63) is 34.9 Å². The van der Waals surface area contributed by atoms with Crippen LogP contribution in [0.5, 0.6) is 5.88 Å². The van der Waals surface area contributed by atoms with Crippen molar-refractivity contribution < 1.29 is 25.8 Å². The number of fused-ring (bicyclic) bond motifs is 1. The molecule has 102 valence electrons. The number of aromatic nitrogens is 1. The molecule has 0 N–H and O–H groups in total. The molecule has 0 amide bonds. The summed E-state index contributed by atoms with van der Waals surface area (Å²) >= 11 is 3.22. The van der Waals surface area contributed by atoms with Gasteiger partial charge < -0.3 is 4.18 Å². The van der Waals surface area contributed by atoms with Crippen LogP contribution < -0.4 is 4.18 Å². The lowest BCUT2D eigenvalue weighted by Crippen LogP contribution is -2.28. The maximum absolute atomic E-state index is 12.1. The summed E-state index contributed by atoms with van der Waals surface area (Å²) in [5, 5.41) is 1.14. The zero-order valence-corrected chi connectivity index (χ0v) is 11.4. The van der Waals surface area contributed by atoms with E-state index >= 15 is 0 Å². The molecular formula is C10H5BrF3NO3S. The van der Waals surface area contributed by atoms with Crippen LogP contribution in [0.15, 0.2) is 34.9 Å². The monoisotopic (exact) mass is 355 g/mol. The molecule has 9 heteroatoms. The molecule has 0 saturated heterocycles. The van der Waals surface area contributed by atoms with Crippen molar-refractivity contribution in [1.29, 1.82) is 0 Å². The van der Waals surface area contributed by atoms with Crippen LogP contribution in [0.4, 0.5) is 13.2 Å². The Balaban J connectivity index is 2.40. The van der Waals surface area contributed by atoms with Crippen molar-refractivity contribution in [3.8, 4) is 5.88 Å². The van der Waals surface area contributed by atoms with Crippen LogP contribution in [0.1, 0.15) is 0 Å². The predicted octanol–water partition coefficient (Wildman–Crippen LogP) is 3.23. The fraction of sp³-hybridized carbons (Fsp3) is 0.100. The SMILES string of the molecule is O=S(=O)(Oc1cc2ccc(Br)cc2cn1)C(F)(F)F. The van der Waals surface area contributed by atoms with Gasteiger partial charge in [0.15, 0.2) is 0 Å². The molecule has 0 fully saturated rings. The summed E-state index contributed by atoms with van der Waals surface area (Å²) < 4.78 is 62.7. The Morgan fingerprint density at radius 1 is 1.16 bits per heavy atom. The van der Waals surface area contributed by atoms with Crippen LogP contribution in [0.2, 0.25) is 0 Å². The Morgan fingerprint density at radius 2 is 1.84 bits per heavy atom. The van der Waals surface area contributed by atoms with Crippen molar-refractivity contribution in [1.82, 2.24) is 4.98 Å². The maximum atomic E-state index is 12.1. The highest BCUT2D eigenvalue weighted by Crippen LogP contribution is 2.28. The molecule has 4 nitrogen and oxygen atoms in total. The second kappa shape index (κ2) is 4.64. The van der Waals surface area contributed by atoms with Gasteiger partial charge in [0.1, 0.15) is 0 Å². The molecule has 0 saturated carbocycles. The number of alkyl halides is 3. The fourth-order valence-corrected chi connectivity index (χ4v) is 2.09. The number of nitrogens with zero attached hydrogens (tertiary/aromatic N) is 1. The van der Waals surface area contributed by atoms with Gasteiger partial charge in [0.2, 0.25) is 5.88 Å². The Kier molecular flexibility index (Phi) is 3.43. The highest BCUT2D eigenvalue weighted by atomic mass is 79.9. The van der Waals surface area contributed by atoms with E-state index in [-0.39, 0.29) is 0 Å². The average Bonchev–Trinajstić information content (AvgIpc) is 2.27. The molecule has 0 bridgehead atoms. The third kappa shape index (κ3) is 2.98. The average molecular weight is 356 g/mol. The van der Waals surface area contributed by atoms with Crippen LogP contribution in [-0.2, 0) is 10.1 Å². The molecule has 0 unspecified atom stereocenters. The summed E-state index contributed by atoms with van der Waals surface area (Å²) in [6, 6.07) is 6.05. The molecule has 1 aromatic heterocycles. The van der Waals surface area contributed by atoms with Crippen molar-refractivity contribution in [2.45, 2.75) is 5.51 Å². The van der Waals surface area contributed by atoms with E-state index in [9.17, 15) is 21.6 Å². The molecule has 1 aromatic carbocycles. The number of hydrogen-bond donors (Lipinski definition) is 0. The van der Waals surface area contributed by atoms with Gasteiger partial charge in [-0.1, -0.05) is 22.0 Å². The zero-order chi connectivity index (χ0) is 14.3. The van der Waals surface area contributed by atoms with E-state index < -0.39 is 21.5 Å². The van der Waals surface area contributed by atoms with Crippen molar-refractivity contribution >= 4 is 36.8 Å². The van der Waals surface area contributed by atoms with Crippen molar-refractivity contribution in [2.24, 2.45) is 0 Å². The molecule has 0 aliphatic heterocycles. The summed E-state index contributed by atoms with van der Waals surface area (Å²) in [7, 11) is -5.70. The minimum Gasteiger partial charge on any atom is -0.355 e. The second-order valence-electron chi connectivity index (χ2n) is 3.50. The summed E-state index contributed by atoms with van der Waals surface area (Å²) in [5.41, 5.74) is -5.48. The topological polar surface area (TPSA) is 56.3 Å². The number of halogens is 4. The van der Waals surface area contributed by atoms with E-state index in [1.165, 1.54) is 6.20 Å². The standard InChI is InChI=1S/C10H5BrF3NO3S/c11-8-2-1-6-4-9(15-5-7(6)3-8)18-19(16,17)10(12,13)14/h1-5H. The van der Waals surface area contributed by atoms with E-state index in [1.807, 2.05) is 0 Å². The maximum Gasteiger partial charge on any atom is 0.534 e. The molecular weight excluding hydrogens is 351 g/mol. The van der Waals surface area contributed by atoms with Gasteiger partial charge in [0.05, 0.1) is 0 Å². The summed E-state index contributed by atoms with van der Waals surface area (Å²) in [5.74, 6) is -0.632. The molecule has 0 spiro atoms. The largest absolute Gasteiger partial charge is 0.534 e. The quantitative estimate of drug-likeness (QED) is 0.613. The first-order valence-electron chi connectivity index (χ1n) is 4.75. The van der Waals surface area contributed by atoms with Gasteiger partial charge in [-0.25, -0.2) is 4.98 Å². The van der Waals surface area contributed by atoms with Gasteiger partial charge in [0, 0.05) is 22.1 Å². The first kappa shape index (κ1) is 14.1. The second-order valence-corrected chi connectivity index (χ2v) is 5.95. The third-order valence-corrected chi connectivity index (χ3v) is 3.59. The minimum atomic E-state index is -5.70. The Bertz CT molecular complexity index is 730. The first-order valence-corrected chi connectivity index (χ1v) is 6.95. The molecule has 0 atom stereocenters. The summed E-state index contributed by atoms with van der Waals surface area (Å²) in [6.45, 7) is 0. The fourth-order valence-electron chi connectivity index (χ4n) is 1.30. The van der Waals surface area contributed by atoms with Crippen LogP contribution in [0.25, 0.3) is 10.8 Å². The van der Waals surface area contributed by atoms with E-state index in [0.717, 1.165) is 10.5 Å². The lowest BCUT2D eigenvalue weighted by Gasteiger charge is -2.09. The van der Waals surface area contributed by atoms with Crippen LogP contribution in [0.3, 0.4) is 0 Å². The molecule has 2 aromatic rings. The lowest BCUT2D eigenvalue weighted by molar-refractivity contribution is -0.0501. The van der Waals surface area contributed by atoms with Crippen molar-refractivity contribution in [3.63, 3.8) is 0 Å². The highest BCUT2D eigenvalue weighted by molar-refractivity contribution is 9.10. The lowest BCUT2D eigenvalue weighted by atomic mass is 10.2. The molecule has 0 aliphatic carbocycles. The van der Waals surface area contributed by atoms with Crippen LogP contribution >= 0.6 is 15.9 Å². The van der Waals surface area contributed by atoms with Gasteiger partial charge in [-0.2, -0.15) is 21.6 Å². The van der Waals surface area contributed by atoms with Gasteiger partial charge in [-0.3, -0.25) is 0 Å². The summed E-state index contributed by atoms with van der Waals surface area (Å²) in [6.07, 6.45) is 1.22. The van der Waals surface area contributed by atoms with Gasteiger partial charge >= 0.3 is 15.6 Å². The minimum absolute atomic E-state index is 0.505. The normalized spacial score (nSPS) is 12.6. The first-order chi connectivity index (χ1) is 8.69. The van der Waals surface area contributed by atoms with Crippen molar-refractivity contribution in [2.75, 3.05) is 0 Å².